The van der Waals surface area contributed by atoms with E-state index in [2.05, 4.69) is 0 Å². The van der Waals surface area contributed by atoms with Crippen LogP contribution in [0.15, 0.2) is 0 Å². The van der Waals surface area contributed by atoms with Crippen LogP contribution in [0, 0.1) is 0 Å². The quantitative estimate of drug-likeness (QED) is 0.246. The first-order chi connectivity index (χ1) is 5.56. The van der Waals surface area contributed by atoms with Crippen LogP contribution in [0.5, 0.6) is 0 Å². The highest BCUT2D eigenvalue weighted by Gasteiger charge is 2.28. The highest BCUT2D eigenvalue weighted by molar-refractivity contribution is 5.85. The van der Waals surface area contributed by atoms with Crippen molar-refractivity contribution in [2.45, 2.75) is 31.0 Å². The maximum Gasteiger partial charge on any atom is 0.142 e. The first kappa shape index (κ1) is 15.3. The highest BCUT2D eigenvalue weighted by atomic mass is 35.5. The monoisotopic (exact) mass is 210 g/mol. The van der Waals surface area contributed by atoms with Crippen LogP contribution >= 0.6 is 12.4 Å². The van der Waals surface area contributed by atoms with Gasteiger partial charge in [-0.05, 0) is 25.8 Å². The van der Waals surface area contributed by atoms with E-state index in [1.54, 1.807) is 0 Å². The Morgan fingerprint density at radius 2 is 1.85 bits per heavy atom. The van der Waals surface area contributed by atoms with E-state index in [1.165, 1.54) is 0 Å². The first-order valence-corrected chi connectivity index (χ1v) is 4.03. The number of carbonyl (C=O) groups excluding carboxylic acids is 1. The fourth-order valence-electron chi connectivity index (χ4n) is 0.880. The second-order valence-corrected chi connectivity index (χ2v) is 3.00. The third-order valence-electron chi connectivity index (χ3n) is 1.90. The third-order valence-corrected chi connectivity index (χ3v) is 1.90. The number of nitrogens with two attached hydrogens (primary N) is 4. The van der Waals surface area contributed by atoms with Crippen molar-refractivity contribution < 1.29 is 4.79 Å². The number of hydrogen-bond acceptors (Lipinski definition) is 5. The van der Waals surface area contributed by atoms with Crippen LogP contribution < -0.4 is 22.9 Å². The molecule has 13 heavy (non-hydrogen) atoms. The highest BCUT2D eigenvalue weighted by Crippen LogP contribution is 2.09. The summed E-state index contributed by atoms with van der Waals surface area (Å²) in [6, 6.07) is 0. The predicted molar refractivity (Wildman–Crippen MR) is 55.3 cm³/mol. The molecular formula is C7H19ClN4O. The van der Waals surface area contributed by atoms with Gasteiger partial charge in [-0.1, -0.05) is 0 Å². The molecule has 8 N–H and O–H groups in total. The molecule has 0 fully saturated rings. The van der Waals surface area contributed by atoms with Crippen LogP contribution in [-0.4, -0.2) is 24.5 Å². The lowest BCUT2D eigenvalue weighted by Gasteiger charge is -2.26. The Balaban J connectivity index is 0. The number of aldehydes is 1. The summed E-state index contributed by atoms with van der Waals surface area (Å²) in [6.45, 7) is 0.592. The minimum atomic E-state index is -1.09. The molecule has 0 radical (unpaired) electrons. The average Bonchev–Trinajstić information content (AvgIpc) is 2.04. The maximum absolute atomic E-state index is 10.5. The van der Waals surface area contributed by atoms with Gasteiger partial charge in [-0.15, -0.1) is 12.4 Å². The molecule has 6 heteroatoms. The lowest BCUT2D eigenvalue weighted by atomic mass is 9.92. The number of halogens is 1. The molecule has 0 aromatic carbocycles. The van der Waals surface area contributed by atoms with Gasteiger partial charge in [0.25, 0.3) is 0 Å². The van der Waals surface area contributed by atoms with Gasteiger partial charge in [0, 0.05) is 0 Å². The summed E-state index contributed by atoms with van der Waals surface area (Å²) in [4.78, 5) is 10.5. The molecule has 0 aliphatic heterocycles. The molecule has 0 amide bonds. The zero-order valence-electron chi connectivity index (χ0n) is 7.61. The topological polar surface area (TPSA) is 121 Å². The van der Waals surface area contributed by atoms with E-state index in [-0.39, 0.29) is 12.4 Å². The molecule has 0 bridgehead atoms. The van der Waals surface area contributed by atoms with Crippen LogP contribution in [0.2, 0.25) is 0 Å². The molecule has 0 spiro atoms. The molecule has 0 aromatic rings. The molecule has 0 heterocycles. The summed E-state index contributed by atoms with van der Waals surface area (Å²) in [5, 5.41) is 0. The largest absolute Gasteiger partial charge is 0.330 e. The first-order valence-electron chi connectivity index (χ1n) is 4.03. The maximum atomic E-state index is 10.5. The molecular weight excluding hydrogens is 192 g/mol. The van der Waals surface area contributed by atoms with Crippen molar-refractivity contribution in [2.24, 2.45) is 22.9 Å². The minimum absolute atomic E-state index is 0. The van der Waals surface area contributed by atoms with E-state index in [1.807, 2.05) is 0 Å². The van der Waals surface area contributed by atoms with Crippen molar-refractivity contribution in [2.75, 3.05) is 6.54 Å². The zero-order valence-corrected chi connectivity index (χ0v) is 8.43. The second kappa shape index (κ2) is 7.23. The summed E-state index contributed by atoms with van der Waals surface area (Å²) in [5.41, 5.74) is 20.5. The normalized spacial score (nSPS) is 14.8. The molecule has 0 unspecified atom stereocenters. The van der Waals surface area contributed by atoms with Crippen molar-refractivity contribution in [3.63, 3.8) is 0 Å². The summed E-state index contributed by atoms with van der Waals surface area (Å²) in [5.74, 6) is 0. The van der Waals surface area contributed by atoms with Crippen molar-refractivity contribution in [1.82, 2.24) is 0 Å². The number of hydrogen-bond donors (Lipinski definition) is 4. The van der Waals surface area contributed by atoms with Crippen LogP contribution in [0.25, 0.3) is 0 Å². The molecule has 5 nitrogen and oxygen atoms in total. The number of rotatable bonds is 6. The Morgan fingerprint density at radius 1 is 1.31 bits per heavy atom. The summed E-state index contributed by atoms with van der Waals surface area (Å²) in [6.07, 6.45) is 1.92. The SMILES string of the molecule is Cl.NCCCC[C@](N)(C=O)C(N)N. The van der Waals surface area contributed by atoms with E-state index in [0.717, 1.165) is 12.8 Å². The molecule has 0 aromatic heterocycles. The van der Waals surface area contributed by atoms with E-state index in [9.17, 15) is 4.79 Å². The molecule has 1 atom stereocenters. The van der Waals surface area contributed by atoms with Crippen LogP contribution in [0.4, 0.5) is 0 Å². The van der Waals surface area contributed by atoms with Crippen molar-refractivity contribution in [1.29, 1.82) is 0 Å². The Kier molecular flexibility index (Phi) is 8.49. The molecule has 0 saturated carbocycles. The molecule has 0 aliphatic carbocycles. The van der Waals surface area contributed by atoms with Crippen molar-refractivity contribution in [3.05, 3.63) is 0 Å². The standard InChI is InChI=1S/C7H18N4O.ClH/c8-4-2-1-3-7(11,5-12)6(9)10;/h5-6H,1-4,8-11H2;1H/t7-;/m0./s1. The van der Waals surface area contributed by atoms with Gasteiger partial charge >= 0.3 is 0 Å². The molecule has 0 saturated heterocycles. The van der Waals surface area contributed by atoms with Gasteiger partial charge in [-0.2, -0.15) is 0 Å². The minimum Gasteiger partial charge on any atom is -0.330 e. The smallest absolute Gasteiger partial charge is 0.142 e. The van der Waals surface area contributed by atoms with Crippen molar-refractivity contribution >= 4 is 18.7 Å². The Labute approximate surface area is 84.6 Å². The zero-order chi connectivity index (χ0) is 9.61. The van der Waals surface area contributed by atoms with Gasteiger partial charge in [-0.3, -0.25) is 0 Å². The molecule has 0 aliphatic rings. The fourth-order valence-corrected chi connectivity index (χ4v) is 0.880. The van der Waals surface area contributed by atoms with Gasteiger partial charge in [0.05, 0.1) is 6.17 Å². The van der Waals surface area contributed by atoms with Gasteiger partial charge in [0.2, 0.25) is 0 Å². The Morgan fingerprint density at radius 3 is 2.15 bits per heavy atom. The van der Waals surface area contributed by atoms with Crippen LogP contribution in [0.1, 0.15) is 19.3 Å². The van der Waals surface area contributed by atoms with E-state index < -0.39 is 11.7 Å². The summed E-state index contributed by atoms with van der Waals surface area (Å²) >= 11 is 0. The van der Waals surface area contributed by atoms with Gasteiger partial charge in [-0.25, -0.2) is 0 Å². The Bertz CT molecular complexity index is 144. The van der Waals surface area contributed by atoms with Gasteiger partial charge in [0.1, 0.15) is 11.8 Å². The fraction of sp³-hybridized carbons (Fsp3) is 0.857. The van der Waals surface area contributed by atoms with Gasteiger partial charge in [0.15, 0.2) is 0 Å². The lowest BCUT2D eigenvalue weighted by Crippen LogP contribution is -2.61. The van der Waals surface area contributed by atoms with Crippen molar-refractivity contribution in [3.8, 4) is 0 Å². The lowest BCUT2D eigenvalue weighted by molar-refractivity contribution is -0.113. The number of carbonyl (C=O) groups is 1. The van der Waals surface area contributed by atoms with Crippen LogP contribution in [-0.2, 0) is 4.79 Å². The molecule has 80 valence electrons. The molecule has 0 rings (SSSR count). The third kappa shape index (κ3) is 5.17. The van der Waals surface area contributed by atoms with E-state index in [0.29, 0.717) is 19.3 Å². The summed E-state index contributed by atoms with van der Waals surface area (Å²) < 4.78 is 0. The van der Waals surface area contributed by atoms with E-state index in [4.69, 9.17) is 22.9 Å². The summed E-state index contributed by atoms with van der Waals surface area (Å²) in [7, 11) is 0. The van der Waals surface area contributed by atoms with Crippen LogP contribution in [0.3, 0.4) is 0 Å². The average molecular weight is 211 g/mol. The van der Waals surface area contributed by atoms with Gasteiger partial charge < -0.3 is 27.7 Å². The van der Waals surface area contributed by atoms with E-state index >= 15 is 0 Å². The number of unbranched alkanes of at least 4 members (excludes halogenated alkanes) is 1. The Hall–Kier alpha value is -0.200. The second-order valence-electron chi connectivity index (χ2n) is 3.00. The predicted octanol–water partition coefficient (Wildman–Crippen LogP) is -1.32.